The van der Waals surface area contributed by atoms with E-state index < -0.39 is 23.8 Å². The maximum Gasteiger partial charge on any atom is 0.407 e. The molecular formula is C19H31N3O4. The fourth-order valence-corrected chi connectivity index (χ4v) is 3.21. The molecule has 2 aliphatic rings. The molecule has 146 valence electrons. The number of alkyl carbamates (subject to hydrolysis) is 1. The van der Waals surface area contributed by atoms with E-state index in [0.29, 0.717) is 25.4 Å². The SMILES string of the molecule is CC(C)(C)OC(=O)NCCC(C=O)NCC1N=C2C=CCCC2CC1O. The fraction of sp³-hybridized carbons (Fsp3) is 0.737. The van der Waals surface area contributed by atoms with Gasteiger partial charge in [0.2, 0.25) is 0 Å². The zero-order valence-corrected chi connectivity index (χ0v) is 15.9. The summed E-state index contributed by atoms with van der Waals surface area (Å²) >= 11 is 0. The van der Waals surface area contributed by atoms with Crippen LogP contribution in [0.5, 0.6) is 0 Å². The lowest BCUT2D eigenvalue weighted by Gasteiger charge is -2.33. The molecule has 0 saturated carbocycles. The van der Waals surface area contributed by atoms with Crippen LogP contribution in [-0.4, -0.2) is 60.1 Å². The van der Waals surface area contributed by atoms with Crippen LogP contribution in [-0.2, 0) is 9.53 Å². The molecule has 1 amide bonds. The van der Waals surface area contributed by atoms with Gasteiger partial charge in [-0.15, -0.1) is 0 Å². The Kier molecular flexibility index (Phi) is 7.34. The number of hydrogen-bond acceptors (Lipinski definition) is 6. The summed E-state index contributed by atoms with van der Waals surface area (Å²) in [5.41, 5.74) is 0.510. The van der Waals surface area contributed by atoms with Crippen molar-refractivity contribution in [3.63, 3.8) is 0 Å². The molecule has 0 fully saturated rings. The summed E-state index contributed by atoms with van der Waals surface area (Å²) < 4.78 is 5.16. The molecule has 0 bridgehead atoms. The number of amides is 1. The molecule has 7 nitrogen and oxygen atoms in total. The largest absolute Gasteiger partial charge is 0.444 e. The molecule has 0 aromatic heterocycles. The molecule has 4 atom stereocenters. The molecule has 1 heterocycles. The Balaban J connectivity index is 1.76. The van der Waals surface area contributed by atoms with Gasteiger partial charge in [-0.1, -0.05) is 6.08 Å². The summed E-state index contributed by atoms with van der Waals surface area (Å²) in [4.78, 5) is 27.5. The quantitative estimate of drug-likeness (QED) is 0.595. The molecule has 2 rings (SSSR count). The smallest absolute Gasteiger partial charge is 0.407 e. The molecule has 0 aromatic carbocycles. The van der Waals surface area contributed by atoms with Crippen LogP contribution >= 0.6 is 0 Å². The van der Waals surface area contributed by atoms with E-state index >= 15 is 0 Å². The number of carbonyl (C=O) groups is 2. The zero-order chi connectivity index (χ0) is 19.2. The highest BCUT2D eigenvalue weighted by molar-refractivity contribution is 5.98. The third-order valence-electron chi connectivity index (χ3n) is 4.55. The van der Waals surface area contributed by atoms with E-state index in [0.717, 1.165) is 31.3 Å². The number of fused-ring (bicyclic) bond motifs is 1. The lowest BCUT2D eigenvalue weighted by atomic mass is 9.83. The molecule has 4 unspecified atom stereocenters. The molecule has 0 aromatic rings. The van der Waals surface area contributed by atoms with E-state index in [1.165, 1.54) is 0 Å². The number of nitrogens with one attached hydrogen (secondary N) is 2. The van der Waals surface area contributed by atoms with Gasteiger partial charge in [0.15, 0.2) is 0 Å². The number of allylic oxidation sites excluding steroid dienone is 2. The summed E-state index contributed by atoms with van der Waals surface area (Å²) in [6, 6.07) is -0.651. The Bertz CT molecular complexity index is 553. The Morgan fingerprint density at radius 2 is 2.27 bits per heavy atom. The Morgan fingerprint density at radius 3 is 2.96 bits per heavy atom. The van der Waals surface area contributed by atoms with E-state index in [-0.39, 0.29) is 6.04 Å². The van der Waals surface area contributed by atoms with Crippen molar-refractivity contribution in [3.05, 3.63) is 12.2 Å². The predicted octanol–water partition coefficient (Wildman–Crippen LogP) is 1.60. The van der Waals surface area contributed by atoms with Crippen LogP contribution < -0.4 is 10.6 Å². The number of aliphatic imine (C=N–C) groups is 1. The van der Waals surface area contributed by atoms with Crippen molar-refractivity contribution in [1.29, 1.82) is 0 Å². The third-order valence-corrected chi connectivity index (χ3v) is 4.55. The molecule has 0 spiro atoms. The van der Waals surface area contributed by atoms with Crippen molar-refractivity contribution in [2.75, 3.05) is 13.1 Å². The summed E-state index contributed by atoms with van der Waals surface area (Å²) in [5.74, 6) is 0.353. The first-order chi connectivity index (χ1) is 12.3. The second kappa shape index (κ2) is 9.28. The number of ether oxygens (including phenoxy) is 1. The Hall–Kier alpha value is -1.73. The van der Waals surface area contributed by atoms with E-state index in [9.17, 15) is 14.7 Å². The maximum atomic E-state index is 11.6. The monoisotopic (exact) mass is 365 g/mol. The zero-order valence-electron chi connectivity index (χ0n) is 15.9. The highest BCUT2D eigenvalue weighted by atomic mass is 16.6. The second-order valence-corrected chi connectivity index (χ2v) is 7.97. The van der Waals surface area contributed by atoms with E-state index in [2.05, 4.69) is 27.8 Å². The van der Waals surface area contributed by atoms with Crippen LogP contribution in [0.3, 0.4) is 0 Å². The van der Waals surface area contributed by atoms with Gasteiger partial charge in [0, 0.05) is 24.7 Å². The normalized spacial score (nSPS) is 26.5. The first-order valence-corrected chi connectivity index (χ1v) is 9.36. The minimum Gasteiger partial charge on any atom is -0.444 e. The molecule has 0 radical (unpaired) electrons. The van der Waals surface area contributed by atoms with E-state index in [4.69, 9.17) is 4.74 Å². The first-order valence-electron chi connectivity index (χ1n) is 9.36. The summed E-state index contributed by atoms with van der Waals surface area (Å²) in [6.45, 7) is 6.15. The minimum atomic E-state index is -0.548. The second-order valence-electron chi connectivity index (χ2n) is 7.97. The van der Waals surface area contributed by atoms with Gasteiger partial charge in [0.05, 0.1) is 18.2 Å². The number of rotatable bonds is 7. The summed E-state index contributed by atoms with van der Waals surface area (Å²) in [7, 11) is 0. The van der Waals surface area contributed by atoms with Gasteiger partial charge in [-0.3, -0.25) is 4.99 Å². The molecule has 0 saturated heterocycles. The average molecular weight is 365 g/mol. The standard InChI is InChI=1S/C19H31N3O4/c1-19(2,3)26-18(25)20-9-8-14(12-23)21-11-16-17(24)10-13-6-4-5-7-15(13)22-16/h5,7,12-14,16-17,21,24H,4,6,8-11H2,1-3H3,(H,20,25). The first kappa shape index (κ1) is 20.6. The molecule has 7 heteroatoms. The van der Waals surface area contributed by atoms with Gasteiger partial charge in [-0.2, -0.15) is 0 Å². The number of hydrogen-bond donors (Lipinski definition) is 3. The fourth-order valence-electron chi connectivity index (χ4n) is 3.21. The number of aliphatic hydroxyl groups is 1. The van der Waals surface area contributed by atoms with Gasteiger partial charge in [-0.05, 0) is 52.5 Å². The van der Waals surface area contributed by atoms with Crippen LogP contribution in [0.1, 0.15) is 46.5 Å². The van der Waals surface area contributed by atoms with Crippen LogP contribution in [0.15, 0.2) is 17.1 Å². The van der Waals surface area contributed by atoms with Crippen molar-refractivity contribution in [1.82, 2.24) is 10.6 Å². The maximum absolute atomic E-state index is 11.6. The van der Waals surface area contributed by atoms with Gasteiger partial charge in [-0.25, -0.2) is 4.79 Å². The number of carbonyl (C=O) groups excluding carboxylic acids is 2. The van der Waals surface area contributed by atoms with Crippen molar-refractivity contribution < 1.29 is 19.4 Å². The summed E-state index contributed by atoms with van der Waals surface area (Å²) in [6.07, 6.45) is 7.26. The van der Waals surface area contributed by atoms with E-state index in [1.807, 2.05) is 0 Å². The van der Waals surface area contributed by atoms with Crippen molar-refractivity contribution in [2.45, 2.75) is 70.2 Å². The molecule has 1 aliphatic carbocycles. The van der Waals surface area contributed by atoms with Gasteiger partial charge in [0.25, 0.3) is 0 Å². The van der Waals surface area contributed by atoms with Crippen molar-refractivity contribution in [2.24, 2.45) is 10.9 Å². The van der Waals surface area contributed by atoms with Gasteiger partial charge >= 0.3 is 6.09 Å². The predicted molar refractivity (Wildman–Crippen MR) is 100 cm³/mol. The van der Waals surface area contributed by atoms with Gasteiger partial charge < -0.3 is 25.3 Å². The van der Waals surface area contributed by atoms with Crippen LogP contribution in [0.2, 0.25) is 0 Å². The Labute approximate surface area is 155 Å². The Morgan fingerprint density at radius 1 is 1.50 bits per heavy atom. The lowest BCUT2D eigenvalue weighted by Crippen LogP contribution is -2.45. The van der Waals surface area contributed by atoms with Crippen LogP contribution in [0.25, 0.3) is 0 Å². The van der Waals surface area contributed by atoms with Crippen molar-refractivity contribution in [3.8, 4) is 0 Å². The average Bonchev–Trinajstić information content (AvgIpc) is 2.56. The number of nitrogens with zero attached hydrogens (tertiary/aromatic N) is 1. The molecule has 3 N–H and O–H groups in total. The number of aldehydes is 1. The molecule has 26 heavy (non-hydrogen) atoms. The minimum absolute atomic E-state index is 0.245. The number of aliphatic hydroxyl groups excluding tert-OH is 1. The highest BCUT2D eigenvalue weighted by Gasteiger charge is 2.31. The van der Waals surface area contributed by atoms with Crippen LogP contribution in [0.4, 0.5) is 4.79 Å². The lowest BCUT2D eigenvalue weighted by molar-refractivity contribution is -0.109. The molecule has 1 aliphatic heterocycles. The highest BCUT2D eigenvalue weighted by Crippen LogP contribution is 2.27. The van der Waals surface area contributed by atoms with Gasteiger partial charge in [0.1, 0.15) is 11.9 Å². The third kappa shape index (κ3) is 6.53. The molecular weight excluding hydrogens is 334 g/mol. The van der Waals surface area contributed by atoms with Crippen molar-refractivity contribution >= 4 is 18.1 Å². The topological polar surface area (TPSA) is 100 Å². The van der Waals surface area contributed by atoms with E-state index in [1.54, 1.807) is 20.8 Å². The summed E-state index contributed by atoms with van der Waals surface area (Å²) in [5, 5.41) is 16.1. The van der Waals surface area contributed by atoms with Crippen LogP contribution in [0, 0.1) is 5.92 Å².